The van der Waals surface area contributed by atoms with Crippen molar-refractivity contribution in [3.05, 3.63) is 65.7 Å². The quantitative estimate of drug-likeness (QED) is 0.782. The molecule has 1 heterocycles. The number of rotatable bonds is 4. The summed E-state index contributed by atoms with van der Waals surface area (Å²) in [7, 11) is 0. The maximum absolute atomic E-state index is 9.52. The maximum Gasteiger partial charge on any atom is 0.220 e. The van der Waals surface area contributed by atoms with E-state index in [2.05, 4.69) is 18.0 Å². The van der Waals surface area contributed by atoms with Gasteiger partial charge in [0, 0.05) is 11.5 Å². The molecule has 0 fully saturated rings. The molecule has 21 heavy (non-hydrogen) atoms. The summed E-state index contributed by atoms with van der Waals surface area (Å²) >= 11 is 0. The van der Waals surface area contributed by atoms with Crippen LogP contribution in [0.1, 0.15) is 18.1 Å². The Morgan fingerprint density at radius 2 is 1.90 bits per heavy atom. The third-order valence-corrected chi connectivity index (χ3v) is 3.48. The zero-order chi connectivity index (χ0) is 14.7. The number of pyridine rings is 1. The molecule has 0 atom stereocenters. The summed E-state index contributed by atoms with van der Waals surface area (Å²) < 4.78 is 5.85. The Morgan fingerprint density at radius 3 is 2.71 bits per heavy atom. The van der Waals surface area contributed by atoms with Gasteiger partial charge in [-0.2, -0.15) is 0 Å². The monoisotopic (exact) mass is 279 g/mol. The number of nitrogens with zero attached hydrogens (tertiary/aromatic N) is 1. The fraction of sp³-hybridized carbons (Fsp3) is 0.167. The van der Waals surface area contributed by atoms with Crippen molar-refractivity contribution in [2.24, 2.45) is 0 Å². The summed E-state index contributed by atoms with van der Waals surface area (Å²) in [6, 6.07) is 17.5. The van der Waals surface area contributed by atoms with Crippen LogP contribution in [0, 0.1) is 0 Å². The number of aliphatic hydroxyl groups is 1. The van der Waals surface area contributed by atoms with Gasteiger partial charge in [0.25, 0.3) is 0 Å². The molecule has 106 valence electrons. The number of fused-ring (bicyclic) bond motifs is 1. The molecule has 3 heteroatoms. The second kappa shape index (κ2) is 5.94. The first-order chi connectivity index (χ1) is 10.3. The van der Waals surface area contributed by atoms with Crippen LogP contribution in [0.3, 0.4) is 0 Å². The molecule has 1 aromatic heterocycles. The van der Waals surface area contributed by atoms with Gasteiger partial charge in [0.05, 0.1) is 12.1 Å². The van der Waals surface area contributed by atoms with Crippen LogP contribution in [-0.2, 0) is 13.0 Å². The van der Waals surface area contributed by atoms with Crippen LogP contribution in [0.15, 0.2) is 54.6 Å². The minimum atomic E-state index is -0.0333. The van der Waals surface area contributed by atoms with E-state index in [0.717, 1.165) is 28.6 Å². The van der Waals surface area contributed by atoms with Gasteiger partial charge in [0.2, 0.25) is 5.88 Å². The minimum Gasteiger partial charge on any atom is -0.439 e. The molecule has 0 saturated heterocycles. The molecular weight excluding hydrogens is 262 g/mol. The van der Waals surface area contributed by atoms with Crippen molar-refractivity contribution in [3.8, 4) is 11.6 Å². The number of para-hydroxylation sites is 1. The van der Waals surface area contributed by atoms with Crippen LogP contribution in [0.25, 0.3) is 10.9 Å². The third-order valence-electron chi connectivity index (χ3n) is 3.48. The second-order valence-corrected chi connectivity index (χ2v) is 4.90. The predicted molar refractivity (Wildman–Crippen MR) is 83.6 cm³/mol. The molecule has 3 aromatic rings. The van der Waals surface area contributed by atoms with Crippen molar-refractivity contribution in [2.75, 3.05) is 0 Å². The average molecular weight is 279 g/mol. The molecule has 3 nitrogen and oxygen atoms in total. The SMILES string of the molecule is CCc1cccc(Oc2cc(CO)c3ccccc3n2)c1. The van der Waals surface area contributed by atoms with E-state index in [1.807, 2.05) is 42.5 Å². The first kappa shape index (κ1) is 13.6. The van der Waals surface area contributed by atoms with Crippen LogP contribution in [0.2, 0.25) is 0 Å². The van der Waals surface area contributed by atoms with E-state index in [1.54, 1.807) is 6.07 Å². The third kappa shape index (κ3) is 2.88. The van der Waals surface area contributed by atoms with Gasteiger partial charge in [0.1, 0.15) is 5.75 Å². The number of aromatic nitrogens is 1. The van der Waals surface area contributed by atoms with E-state index in [9.17, 15) is 5.11 Å². The lowest BCUT2D eigenvalue weighted by atomic mass is 10.1. The van der Waals surface area contributed by atoms with Gasteiger partial charge in [-0.15, -0.1) is 0 Å². The van der Waals surface area contributed by atoms with Gasteiger partial charge in [0.15, 0.2) is 0 Å². The van der Waals surface area contributed by atoms with E-state index in [0.29, 0.717) is 5.88 Å². The number of hydrogen-bond acceptors (Lipinski definition) is 3. The molecule has 0 radical (unpaired) electrons. The molecule has 0 aliphatic rings. The smallest absolute Gasteiger partial charge is 0.220 e. The van der Waals surface area contributed by atoms with Gasteiger partial charge in [-0.25, -0.2) is 4.98 Å². The Balaban J connectivity index is 2.00. The largest absolute Gasteiger partial charge is 0.439 e. The van der Waals surface area contributed by atoms with Gasteiger partial charge < -0.3 is 9.84 Å². The Kier molecular flexibility index (Phi) is 3.84. The topological polar surface area (TPSA) is 42.4 Å². The number of aryl methyl sites for hydroxylation is 1. The standard InChI is InChI=1S/C18H17NO2/c1-2-13-6-5-7-15(10-13)21-18-11-14(12-20)16-8-3-4-9-17(16)19-18/h3-11,20H,2,12H2,1H3. The lowest BCUT2D eigenvalue weighted by Crippen LogP contribution is -1.94. The van der Waals surface area contributed by atoms with Gasteiger partial charge in [-0.3, -0.25) is 0 Å². The normalized spacial score (nSPS) is 10.8. The number of ether oxygens (including phenoxy) is 1. The Hall–Kier alpha value is -2.39. The summed E-state index contributed by atoms with van der Waals surface area (Å²) in [5.74, 6) is 1.27. The van der Waals surface area contributed by atoms with E-state index < -0.39 is 0 Å². The number of hydrogen-bond donors (Lipinski definition) is 1. The van der Waals surface area contributed by atoms with Crippen molar-refractivity contribution in [1.82, 2.24) is 4.98 Å². The van der Waals surface area contributed by atoms with Crippen LogP contribution >= 0.6 is 0 Å². The molecular formula is C18H17NO2. The fourth-order valence-electron chi connectivity index (χ4n) is 2.35. The zero-order valence-corrected chi connectivity index (χ0v) is 11.9. The highest BCUT2D eigenvalue weighted by Crippen LogP contribution is 2.26. The summed E-state index contributed by atoms with van der Waals surface area (Å²) in [4.78, 5) is 4.50. The van der Waals surface area contributed by atoms with E-state index in [1.165, 1.54) is 5.56 Å². The van der Waals surface area contributed by atoms with Gasteiger partial charge in [-0.05, 0) is 35.7 Å². The van der Waals surface area contributed by atoms with Crippen molar-refractivity contribution >= 4 is 10.9 Å². The average Bonchev–Trinajstić information content (AvgIpc) is 2.54. The second-order valence-electron chi connectivity index (χ2n) is 4.90. The molecule has 0 bridgehead atoms. The summed E-state index contributed by atoms with van der Waals surface area (Å²) in [5.41, 5.74) is 2.86. The summed E-state index contributed by atoms with van der Waals surface area (Å²) in [6.07, 6.45) is 0.963. The Labute approximate surface area is 123 Å². The first-order valence-corrected chi connectivity index (χ1v) is 7.06. The van der Waals surface area contributed by atoms with Crippen LogP contribution in [-0.4, -0.2) is 10.1 Å². The van der Waals surface area contributed by atoms with Crippen LogP contribution in [0.5, 0.6) is 11.6 Å². The molecule has 2 aromatic carbocycles. The number of aliphatic hydroxyl groups excluding tert-OH is 1. The van der Waals surface area contributed by atoms with Crippen molar-refractivity contribution in [1.29, 1.82) is 0 Å². The molecule has 0 aliphatic carbocycles. The molecule has 0 spiro atoms. The van der Waals surface area contributed by atoms with Gasteiger partial charge in [-0.1, -0.05) is 37.3 Å². The highest BCUT2D eigenvalue weighted by atomic mass is 16.5. The highest BCUT2D eigenvalue weighted by Gasteiger charge is 2.07. The van der Waals surface area contributed by atoms with Crippen molar-refractivity contribution < 1.29 is 9.84 Å². The molecule has 3 rings (SSSR count). The van der Waals surface area contributed by atoms with E-state index in [-0.39, 0.29) is 6.61 Å². The van der Waals surface area contributed by atoms with E-state index >= 15 is 0 Å². The predicted octanol–water partition coefficient (Wildman–Crippen LogP) is 4.08. The highest BCUT2D eigenvalue weighted by molar-refractivity contribution is 5.82. The summed E-state index contributed by atoms with van der Waals surface area (Å²) in [5, 5.41) is 10.5. The van der Waals surface area contributed by atoms with Crippen molar-refractivity contribution in [3.63, 3.8) is 0 Å². The molecule has 1 N–H and O–H groups in total. The molecule has 0 unspecified atom stereocenters. The van der Waals surface area contributed by atoms with Crippen molar-refractivity contribution in [2.45, 2.75) is 20.0 Å². The molecule has 0 saturated carbocycles. The molecule has 0 aliphatic heterocycles. The fourth-order valence-corrected chi connectivity index (χ4v) is 2.35. The zero-order valence-electron chi connectivity index (χ0n) is 11.9. The van der Waals surface area contributed by atoms with Crippen LogP contribution < -0.4 is 4.74 Å². The van der Waals surface area contributed by atoms with Gasteiger partial charge >= 0.3 is 0 Å². The van der Waals surface area contributed by atoms with E-state index in [4.69, 9.17) is 4.74 Å². The Morgan fingerprint density at radius 1 is 1.05 bits per heavy atom. The van der Waals surface area contributed by atoms with Crippen LogP contribution in [0.4, 0.5) is 0 Å². The lowest BCUT2D eigenvalue weighted by Gasteiger charge is -2.09. The maximum atomic E-state index is 9.52. The first-order valence-electron chi connectivity index (χ1n) is 7.06. The summed E-state index contributed by atoms with van der Waals surface area (Å²) in [6.45, 7) is 2.08. The Bertz CT molecular complexity index is 768. The number of benzene rings is 2. The minimum absolute atomic E-state index is 0.0333. The lowest BCUT2D eigenvalue weighted by molar-refractivity contribution is 0.282. The molecule has 0 amide bonds.